The third kappa shape index (κ3) is 7.02. The number of rotatable bonds is 8. The molecule has 0 aromatic carbocycles. The van der Waals surface area contributed by atoms with Crippen LogP contribution in [0.4, 0.5) is 0 Å². The topological polar surface area (TPSA) is 27.7 Å². The third-order valence-electron chi connectivity index (χ3n) is 2.98. The first kappa shape index (κ1) is 14.9. The Balaban J connectivity index is 2.02. The van der Waals surface area contributed by atoms with Gasteiger partial charge in [0.15, 0.2) is 0 Å². The van der Waals surface area contributed by atoms with Crippen LogP contribution in [0.5, 0.6) is 0 Å². The molecule has 0 aliphatic carbocycles. The summed E-state index contributed by atoms with van der Waals surface area (Å²) in [5.74, 6) is 0. The zero-order valence-corrected chi connectivity index (χ0v) is 11.8. The summed E-state index contributed by atoms with van der Waals surface area (Å²) in [4.78, 5) is 0. The van der Waals surface area contributed by atoms with Crippen molar-refractivity contribution in [3.05, 3.63) is 0 Å². The SMILES string of the molecule is CC(C)OCCC1CCC(CCOC(C)C)O1. The Morgan fingerprint density at radius 3 is 1.65 bits per heavy atom. The molecule has 17 heavy (non-hydrogen) atoms. The van der Waals surface area contributed by atoms with Crippen molar-refractivity contribution >= 4 is 0 Å². The lowest BCUT2D eigenvalue weighted by Gasteiger charge is -2.15. The minimum Gasteiger partial charge on any atom is -0.379 e. The van der Waals surface area contributed by atoms with Gasteiger partial charge in [-0.25, -0.2) is 0 Å². The molecule has 1 aliphatic heterocycles. The number of ether oxygens (including phenoxy) is 3. The van der Waals surface area contributed by atoms with E-state index in [0.29, 0.717) is 24.4 Å². The second-order valence-corrected chi connectivity index (χ2v) is 5.37. The molecule has 102 valence electrons. The molecular formula is C14H28O3. The van der Waals surface area contributed by atoms with Crippen LogP contribution in [-0.2, 0) is 14.2 Å². The maximum atomic E-state index is 5.97. The first-order valence-electron chi connectivity index (χ1n) is 6.96. The molecule has 1 heterocycles. The van der Waals surface area contributed by atoms with E-state index in [4.69, 9.17) is 14.2 Å². The summed E-state index contributed by atoms with van der Waals surface area (Å²) in [6.07, 6.45) is 5.86. The zero-order valence-electron chi connectivity index (χ0n) is 11.8. The quantitative estimate of drug-likeness (QED) is 0.656. The van der Waals surface area contributed by atoms with Crippen LogP contribution in [0.2, 0.25) is 0 Å². The fourth-order valence-corrected chi connectivity index (χ4v) is 2.08. The van der Waals surface area contributed by atoms with E-state index in [2.05, 4.69) is 27.7 Å². The van der Waals surface area contributed by atoms with E-state index >= 15 is 0 Å². The predicted octanol–water partition coefficient (Wildman–Crippen LogP) is 3.16. The van der Waals surface area contributed by atoms with Gasteiger partial charge in [-0.15, -0.1) is 0 Å². The summed E-state index contributed by atoms with van der Waals surface area (Å²) >= 11 is 0. The maximum Gasteiger partial charge on any atom is 0.0601 e. The molecule has 1 aliphatic rings. The van der Waals surface area contributed by atoms with Crippen molar-refractivity contribution < 1.29 is 14.2 Å². The van der Waals surface area contributed by atoms with Crippen molar-refractivity contribution in [1.82, 2.24) is 0 Å². The normalized spacial score (nSPS) is 25.1. The van der Waals surface area contributed by atoms with Crippen LogP contribution in [0.3, 0.4) is 0 Å². The third-order valence-corrected chi connectivity index (χ3v) is 2.98. The summed E-state index contributed by atoms with van der Waals surface area (Å²) < 4.78 is 17.1. The molecule has 2 atom stereocenters. The van der Waals surface area contributed by atoms with Crippen LogP contribution < -0.4 is 0 Å². The zero-order chi connectivity index (χ0) is 12.7. The van der Waals surface area contributed by atoms with Crippen LogP contribution in [0.15, 0.2) is 0 Å². The van der Waals surface area contributed by atoms with Crippen LogP contribution in [-0.4, -0.2) is 37.6 Å². The Kier molecular flexibility index (Phi) is 7.09. The molecule has 0 N–H and O–H groups in total. The molecule has 1 saturated heterocycles. The van der Waals surface area contributed by atoms with E-state index < -0.39 is 0 Å². The molecule has 0 radical (unpaired) electrons. The first-order chi connectivity index (χ1) is 8.08. The summed E-state index contributed by atoms with van der Waals surface area (Å²) in [5, 5.41) is 0. The molecule has 3 heteroatoms. The lowest BCUT2D eigenvalue weighted by atomic mass is 10.1. The number of hydrogen-bond acceptors (Lipinski definition) is 3. The van der Waals surface area contributed by atoms with Crippen molar-refractivity contribution in [2.75, 3.05) is 13.2 Å². The molecule has 0 amide bonds. The maximum absolute atomic E-state index is 5.97. The average Bonchev–Trinajstić information content (AvgIpc) is 2.65. The van der Waals surface area contributed by atoms with Gasteiger partial charge in [0.25, 0.3) is 0 Å². The van der Waals surface area contributed by atoms with Crippen LogP contribution in [0.1, 0.15) is 53.4 Å². The largest absolute Gasteiger partial charge is 0.379 e. The van der Waals surface area contributed by atoms with Crippen molar-refractivity contribution in [2.24, 2.45) is 0 Å². The molecule has 0 spiro atoms. The van der Waals surface area contributed by atoms with Gasteiger partial charge in [0.05, 0.1) is 24.4 Å². The molecule has 2 unspecified atom stereocenters. The highest BCUT2D eigenvalue weighted by atomic mass is 16.5. The van der Waals surface area contributed by atoms with E-state index in [1.807, 2.05) is 0 Å². The molecule has 0 bridgehead atoms. The minimum absolute atomic E-state index is 0.326. The lowest BCUT2D eigenvalue weighted by Crippen LogP contribution is -2.17. The van der Waals surface area contributed by atoms with Crippen molar-refractivity contribution in [1.29, 1.82) is 0 Å². The van der Waals surface area contributed by atoms with E-state index in [0.717, 1.165) is 26.1 Å². The Morgan fingerprint density at radius 1 is 0.882 bits per heavy atom. The van der Waals surface area contributed by atoms with Crippen molar-refractivity contribution in [3.8, 4) is 0 Å². The van der Waals surface area contributed by atoms with Gasteiger partial charge < -0.3 is 14.2 Å². The molecular weight excluding hydrogens is 216 g/mol. The Hall–Kier alpha value is -0.120. The minimum atomic E-state index is 0.326. The van der Waals surface area contributed by atoms with Crippen molar-refractivity contribution in [3.63, 3.8) is 0 Å². The van der Waals surface area contributed by atoms with Gasteiger partial charge in [0.1, 0.15) is 0 Å². The van der Waals surface area contributed by atoms with Crippen LogP contribution >= 0.6 is 0 Å². The standard InChI is InChI=1S/C14H28O3/c1-11(2)15-9-7-13-5-6-14(17-13)8-10-16-12(3)4/h11-14H,5-10H2,1-4H3. The highest BCUT2D eigenvalue weighted by Gasteiger charge is 2.24. The lowest BCUT2D eigenvalue weighted by molar-refractivity contribution is -0.0115. The first-order valence-corrected chi connectivity index (χ1v) is 6.96. The molecule has 3 nitrogen and oxygen atoms in total. The van der Waals surface area contributed by atoms with Crippen LogP contribution in [0.25, 0.3) is 0 Å². The fourth-order valence-electron chi connectivity index (χ4n) is 2.08. The monoisotopic (exact) mass is 244 g/mol. The van der Waals surface area contributed by atoms with E-state index in [1.165, 1.54) is 12.8 Å². The summed E-state index contributed by atoms with van der Waals surface area (Å²) in [6.45, 7) is 9.92. The van der Waals surface area contributed by atoms with Gasteiger partial charge in [-0.1, -0.05) is 0 Å². The molecule has 1 fully saturated rings. The highest BCUT2D eigenvalue weighted by Crippen LogP contribution is 2.24. The van der Waals surface area contributed by atoms with Gasteiger partial charge >= 0.3 is 0 Å². The average molecular weight is 244 g/mol. The van der Waals surface area contributed by atoms with E-state index in [1.54, 1.807) is 0 Å². The van der Waals surface area contributed by atoms with Crippen LogP contribution in [0, 0.1) is 0 Å². The predicted molar refractivity (Wildman–Crippen MR) is 69.3 cm³/mol. The summed E-state index contributed by atoms with van der Waals surface area (Å²) in [7, 11) is 0. The summed E-state index contributed by atoms with van der Waals surface area (Å²) in [6, 6.07) is 0. The van der Waals surface area contributed by atoms with E-state index in [-0.39, 0.29) is 0 Å². The second kappa shape index (κ2) is 8.06. The summed E-state index contributed by atoms with van der Waals surface area (Å²) in [5.41, 5.74) is 0. The Morgan fingerprint density at radius 2 is 1.29 bits per heavy atom. The Labute approximate surface area is 106 Å². The van der Waals surface area contributed by atoms with Gasteiger partial charge in [0, 0.05) is 13.2 Å². The Bertz CT molecular complexity index is 172. The smallest absolute Gasteiger partial charge is 0.0601 e. The van der Waals surface area contributed by atoms with Crippen molar-refractivity contribution in [2.45, 2.75) is 77.8 Å². The van der Waals surface area contributed by atoms with Gasteiger partial charge in [0.2, 0.25) is 0 Å². The van der Waals surface area contributed by atoms with E-state index in [9.17, 15) is 0 Å². The fraction of sp³-hybridized carbons (Fsp3) is 1.00. The molecule has 0 aromatic rings. The molecule has 0 aromatic heterocycles. The molecule has 1 rings (SSSR count). The highest BCUT2D eigenvalue weighted by molar-refractivity contribution is 4.73. The van der Waals surface area contributed by atoms with Gasteiger partial charge in [-0.3, -0.25) is 0 Å². The second-order valence-electron chi connectivity index (χ2n) is 5.37. The molecule has 0 saturated carbocycles. The van der Waals surface area contributed by atoms with Gasteiger partial charge in [-0.2, -0.15) is 0 Å². The number of hydrogen-bond donors (Lipinski definition) is 0. The van der Waals surface area contributed by atoms with Gasteiger partial charge in [-0.05, 0) is 53.4 Å².